The van der Waals surface area contributed by atoms with Crippen molar-refractivity contribution in [2.75, 3.05) is 0 Å². The Morgan fingerprint density at radius 3 is 2.38 bits per heavy atom. The first-order chi connectivity index (χ1) is 9.20. The van der Waals surface area contributed by atoms with E-state index >= 15 is 0 Å². The molecule has 2 aliphatic rings. The molecule has 1 aromatic carbocycles. The number of amidine groups is 1. The highest BCUT2D eigenvalue weighted by atomic mass is 35.5. The van der Waals surface area contributed by atoms with Gasteiger partial charge in [-0.25, -0.2) is 18.8 Å². The monoisotopic (exact) mass is 330 g/mol. The molecule has 0 saturated carbocycles. The van der Waals surface area contributed by atoms with Crippen molar-refractivity contribution in [3.8, 4) is 0 Å². The molecule has 1 aliphatic carbocycles. The third-order valence-corrected chi connectivity index (χ3v) is 2.94. The molecule has 1 heterocycles. The minimum atomic E-state index is -0.724. The summed E-state index contributed by atoms with van der Waals surface area (Å²) in [5.41, 5.74) is 0.627. The Morgan fingerprint density at radius 1 is 1.10 bits per heavy atom. The van der Waals surface area contributed by atoms with Crippen LogP contribution in [-0.2, 0) is 4.79 Å². The largest absolute Gasteiger partial charge is 0.302 e. The summed E-state index contributed by atoms with van der Waals surface area (Å²) in [5, 5.41) is 0. The van der Waals surface area contributed by atoms with Crippen LogP contribution in [0.3, 0.4) is 0 Å². The number of aldehydes is 1. The SMILES string of the molecule is Cl.Cl.O=CC1C=CC=C2N=C(c3c(F)cccc3F)N=C21. The standard InChI is InChI=1S/C14H8F2N2O.2ClH/c15-9-4-2-5-10(16)12(9)14-17-11-6-1-3-8(7-19)13(11)18-14;;/h1-8H;2*1H. The molecule has 110 valence electrons. The molecule has 3 rings (SSSR count). The van der Waals surface area contributed by atoms with E-state index in [2.05, 4.69) is 9.98 Å². The number of hydrogen-bond donors (Lipinski definition) is 0. The van der Waals surface area contributed by atoms with E-state index in [0.29, 0.717) is 11.4 Å². The number of benzene rings is 1. The lowest BCUT2D eigenvalue weighted by molar-refractivity contribution is -0.108. The molecule has 1 unspecified atom stereocenters. The first kappa shape index (κ1) is 17.2. The molecule has 1 atom stereocenters. The Labute approximate surface area is 132 Å². The van der Waals surface area contributed by atoms with Crippen LogP contribution < -0.4 is 0 Å². The van der Waals surface area contributed by atoms with E-state index in [0.717, 1.165) is 18.4 Å². The van der Waals surface area contributed by atoms with Crippen molar-refractivity contribution in [2.24, 2.45) is 15.9 Å². The van der Waals surface area contributed by atoms with Gasteiger partial charge >= 0.3 is 0 Å². The van der Waals surface area contributed by atoms with E-state index in [1.807, 2.05) is 0 Å². The third-order valence-electron chi connectivity index (χ3n) is 2.94. The average Bonchev–Trinajstić information content (AvgIpc) is 2.81. The normalized spacial score (nSPS) is 18.6. The highest BCUT2D eigenvalue weighted by molar-refractivity contribution is 6.22. The van der Waals surface area contributed by atoms with E-state index in [-0.39, 0.29) is 36.2 Å². The molecule has 0 bridgehead atoms. The third kappa shape index (κ3) is 2.94. The average molecular weight is 331 g/mol. The molecule has 0 amide bonds. The Balaban J connectivity index is 0.00000110. The molecule has 1 aliphatic heterocycles. The minimum Gasteiger partial charge on any atom is -0.302 e. The lowest BCUT2D eigenvalue weighted by atomic mass is 9.98. The Hall–Kier alpha value is -1.85. The van der Waals surface area contributed by atoms with Gasteiger partial charge in [0.2, 0.25) is 0 Å². The molecule has 1 aromatic rings. The summed E-state index contributed by atoms with van der Waals surface area (Å²) in [6, 6.07) is 3.57. The van der Waals surface area contributed by atoms with Crippen LogP contribution >= 0.6 is 24.8 Å². The van der Waals surface area contributed by atoms with Crippen molar-refractivity contribution in [3.63, 3.8) is 0 Å². The molecule has 0 aromatic heterocycles. The maximum atomic E-state index is 13.7. The van der Waals surface area contributed by atoms with Crippen molar-refractivity contribution >= 4 is 42.6 Å². The first-order valence-electron chi connectivity index (χ1n) is 5.66. The van der Waals surface area contributed by atoms with Crippen LogP contribution in [0.5, 0.6) is 0 Å². The summed E-state index contributed by atoms with van der Waals surface area (Å²) in [4.78, 5) is 19.1. The summed E-state index contributed by atoms with van der Waals surface area (Å²) < 4.78 is 27.3. The van der Waals surface area contributed by atoms with Crippen LogP contribution in [0.15, 0.2) is 52.1 Å². The van der Waals surface area contributed by atoms with Gasteiger partial charge in [0, 0.05) is 0 Å². The van der Waals surface area contributed by atoms with Crippen molar-refractivity contribution in [1.82, 2.24) is 0 Å². The zero-order chi connectivity index (χ0) is 13.4. The predicted molar refractivity (Wildman–Crippen MR) is 81.6 cm³/mol. The molecule has 21 heavy (non-hydrogen) atoms. The number of hydrogen-bond acceptors (Lipinski definition) is 3. The zero-order valence-electron chi connectivity index (χ0n) is 10.5. The zero-order valence-corrected chi connectivity index (χ0v) is 12.1. The molecule has 0 spiro atoms. The summed E-state index contributed by atoms with van der Waals surface area (Å²) in [7, 11) is 0. The number of halogens is 4. The molecule has 0 N–H and O–H groups in total. The van der Waals surface area contributed by atoms with Crippen LogP contribution in [0.2, 0.25) is 0 Å². The summed E-state index contributed by atoms with van der Waals surface area (Å²) >= 11 is 0. The van der Waals surface area contributed by atoms with E-state index in [4.69, 9.17) is 0 Å². The molecular formula is C14H10Cl2F2N2O. The van der Waals surface area contributed by atoms with Gasteiger partial charge in [0.1, 0.15) is 17.9 Å². The van der Waals surface area contributed by atoms with Crippen molar-refractivity contribution in [2.45, 2.75) is 0 Å². The molecule has 0 saturated heterocycles. The molecule has 7 heteroatoms. The van der Waals surface area contributed by atoms with Gasteiger partial charge in [0.25, 0.3) is 0 Å². The molecule has 0 fully saturated rings. The number of nitrogens with zero attached hydrogens (tertiary/aromatic N) is 2. The van der Waals surface area contributed by atoms with Crippen LogP contribution in [0, 0.1) is 17.6 Å². The quantitative estimate of drug-likeness (QED) is 0.767. The second-order valence-corrected chi connectivity index (χ2v) is 4.13. The van der Waals surface area contributed by atoms with Gasteiger partial charge in [-0.2, -0.15) is 0 Å². The lowest BCUT2D eigenvalue weighted by Gasteiger charge is -2.08. The number of allylic oxidation sites excluding steroid dienone is 4. The topological polar surface area (TPSA) is 41.8 Å². The molecule has 3 nitrogen and oxygen atoms in total. The fourth-order valence-corrected chi connectivity index (χ4v) is 2.03. The Kier molecular flexibility index (Phi) is 5.52. The van der Waals surface area contributed by atoms with Gasteiger partial charge in [0.05, 0.1) is 22.9 Å². The summed E-state index contributed by atoms with van der Waals surface area (Å²) in [6.07, 6.45) is 5.71. The highest BCUT2D eigenvalue weighted by Crippen LogP contribution is 2.25. The van der Waals surface area contributed by atoms with Gasteiger partial charge in [-0.1, -0.05) is 18.2 Å². The van der Waals surface area contributed by atoms with E-state index in [1.165, 1.54) is 6.07 Å². The van der Waals surface area contributed by atoms with Gasteiger partial charge in [-0.3, -0.25) is 0 Å². The van der Waals surface area contributed by atoms with Gasteiger partial charge in [0.15, 0.2) is 5.84 Å². The Morgan fingerprint density at radius 2 is 1.76 bits per heavy atom. The smallest absolute Gasteiger partial charge is 0.166 e. The summed E-state index contributed by atoms with van der Waals surface area (Å²) in [5.74, 6) is -2.00. The van der Waals surface area contributed by atoms with Crippen LogP contribution in [0.25, 0.3) is 0 Å². The van der Waals surface area contributed by atoms with Crippen LogP contribution in [0.4, 0.5) is 8.78 Å². The van der Waals surface area contributed by atoms with Crippen LogP contribution in [-0.4, -0.2) is 17.8 Å². The number of carbonyl (C=O) groups excluding carboxylic acids is 1. The molecule has 0 radical (unpaired) electrons. The van der Waals surface area contributed by atoms with Crippen molar-refractivity contribution in [1.29, 1.82) is 0 Å². The second-order valence-electron chi connectivity index (χ2n) is 4.13. The van der Waals surface area contributed by atoms with Crippen molar-refractivity contribution < 1.29 is 13.6 Å². The lowest BCUT2D eigenvalue weighted by Crippen LogP contribution is -2.16. The van der Waals surface area contributed by atoms with Gasteiger partial charge in [-0.05, 0) is 18.2 Å². The first-order valence-corrected chi connectivity index (χ1v) is 5.66. The van der Waals surface area contributed by atoms with E-state index in [1.54, 1.807) is 18.2 Å². The minimum absolute atomic E-state index is 0. The molecular weight excluding hydrogens is 321 g/mol. The summed E-state index contributed by atoms with van der Waals surface area (Å²) in [6.45, 7) is 0. The second kappa shape index (κ2) is 6.74. The van der Waals surface area contributed by atoms with Gasteiger partial charge in [-0.15, -0.1) is 24.8 Å². The fraction of sp³-hybridized carbons (Fsp3) is 0.0714. The maximum Gasteiger partial charge on any atom is 0.166 e. The predicted octanol–water partition coefficient (Wildman–Crippen LogP) is 3.28. The fourth-order valence-electron chi connectivity index (χ4n) is 2.03. The van der Waals surface area contributed by atoms with E-state index in [9.17, 15) is 13.6 Å². The van der Waals surface area contributed by atoms with E-state index < -0.39 is 17.6 Å². The van der Waals surface area contributed by atoms with Crippen LogP contribution in [0.1, 0.15) is 5.56 Å². The number of rotatable bonds is 2. The number of fused-ring (bicyclic) bond motifs is 1. The van der Waals surface area contributed by atoms with Gasteiger partial charge < -0.3 is 4.79 Å². The Bertz CT molecular complexity index is 676. The van der Waals surface area contributed by atoms with Crippen molar-refractivity contribution in [3.05, 3.63) is 59.3 Å². The number of carbonyl (C=O) groups is 1. The highest BCUT2D eigenvalue weighted by Gasteiger charge is 2.27. The maximum absolute atomic E-state index is 13.7. The number of aliphatic imine (C=N–C) groups is 2.